The number of nitrogens with one attached hydrogen (secondary N) is 2. The van der Waals surface area contributed by atoms with Gasteiger partial charge in [0.2, 0.25) is 5.91 Å². The van der Waals surface area contributed by atoms with E-state index >= 15 is 0 Å². The first-order valence-corrected chi connectivity index (χ1v) is 12.2. The third kappa shape index (κ3) is 5.17. The Labute approximate surface area is 204 Å². The maximum atomic E-state index is 12.7. The van der Waals surface area contributed by atoms with Gasteiger partial charge in [0, 0.05) is 37.5 Å². The average molecular weight is 479 g/mol. The molecule has 2 aromatic carbocycles. The van der Waals surface area contributed by atoms with Crippen molar-refractivity contribution in [3.8, 4) is 11.1 Å². The second-order valence-corrected chi connectivity index (χ2v) is 9.60. The highest BCUT2D eigenvalue weighted by Crippen LogP contribution is 2.44. The maximum absolute atomic E-state index is 12.7. The van der Waals surface area contributed by atoms with E-state index in [1.807, 2.05) is 24.3 Å². The molecule has 184 valence electrons. The van der Waals surface area contributed by atoms with Gasteiger partial charge in [-0.3, -0.25) is 4.79 Å². The fourth-order valence-electron chi connectivity index (χ4n) is 5.26. The Kier molecular flexibility index (Phi) is 6.72. The Bertz CT molecular complexity index is 1070. The quantitative estimate of drug-likeness (QED) is 0.510. The van der Waals surface area contributed by atoms with Crippen LogP contribution in [0.5, 0.6) is 0 Å². The van der Waals surface area contributed by atoms with Gasteiger partial charge in [0.05, 0.1) is 0 Å². The molecule has 5 rings (SSSR count). The smallest absolute Gasteiger partial charge is 0.407 e. The number of hydrogen-bond donors (Lipinski definition) is 3. The summed E-state index contributed by atoms with van der Waals surface area (Å²) in [6.07, 6.45) is 1.25. The predicted molar refractivity (Wildman–Crippen MR) is 128 cm³/mol. The number of ether oxygens (including phenoxy) is 2. The number of carboxylic acids is 1. The van der Waals surface area contributed by atoms with Crippen molar-refractivity contribution < 1.29 is 29.0 Å². The number of amides is 2. The van der Waals surface area contributed by atoms with Crippen molar-refractivity contribution in [3.63, 3.8) is 0 Å². The van der Waals surface area contributed by atoms with Gasteiger partial charge in [-0.15, -0.1) is 0 Å². The van der Waals surface area contributed by atoms with Crippen LogP contribution in [0.4, 0.5) is 4.79 Å². The van der Waals surface area contributed by atoms with E-state index in [-0.39, 0.29) is 49.3 Å². The number of carboxylic acid groups (broad SMARTS) is 1. The van der Waals surface area contributed by atoms with E-state index < -0.39 is 18.2 Å². The van der Waals surface area contributed by atoms with E-state index in [1.54, 1.807) is 0 Å². The SMILES string of the molecule is O=C(CC(NC(=O)OCC1c2ccccc2-c2ccccc21)C1CC1)NC[C@H]1CCO[C@H]1C(=O)O. The molecule has 1 aliphatic heterocycles. The van der Waals surface area contributed by atoms with Gasteiger partial charge in [0.15, 0.2) is 6.10 Å². The van der Waals surface area contributed by atoms with Gasteiger partial charge in [0.25, 0.3) is 0 Å². The lowest BCUT2D eigenvalue weighted by Gasteiger charge is -2.20. The zero-order chi connectivity index (χ0) is 24.4. The lowest BCUT2D eigenvalue weighted by atomic mass is 9.98. The van der Waals surface area contributed by atoms with Crippen LogP contribution < -0.4 is 10.6 Å². The molecule has 1 saturated heterocycles. The second-order valence-electron chi connectivity index (χ2n) is 9.60. The Balaban J connectivity index is 1.14. The molecule has 3 atom stereocenters. The summed E-state index contributed by atoms with van der Waals surface area (Å²) in [4.78, 5) is 36.5. The van der Waals surface area contributed by atoms with Crippen LogP contribution in [0, 0.1) is 11.8 Å². The Morgan fingerprint density at radius 1 is 1.00 bits per heavy atom. The minimum atomic E-state index is -1.01. The topological polar surface area (TPSA) is 114 Å². The number of hydrogen-bond acceptors (Lipinski definition) is 5. The molecule has 0 spiro atoms. The van der Waals surface area contributed by atoms with Gasteiger partial charge >= 0.3 is 12.1 Å². The van der Waals surface area contributed by atoms with Gasteiger partial charge in [0.1, 0.15) is 6.61 Å². The molecule has 3 N–H and O–H groups in total. The number of rotatable bonds is 9. The number of benzene rings is 2. The number of aliphatic carboxylic acids is 1. The van der Waals surface area contributed by atoms with Gasteiger partial charge < -0.3 is 25.2 Å². The molecular weight excluding hydrogens is 448 g/mol. The van der Waals surface area contributed by atoms with Crippen LogP contribution in [0.2, 0.25) is 0 Å². The van der Waals surface area contributed by atoms with Crippen molar-refractivity contribution in [1.82, 2.24) is 10.6 Å². The van der Waals surface area contributed by atoms with Gasteiger partial charge in [-0.2, -0.15) is 0 Å². The largest absolute Gasteiger partial charge is 0.479 e. The van der Waals surface area contributed by atoms with Crippen LogP contribution in [-0.2, 0) is 19.1 Å². The zero-order valence-electron chi connectivity index (χ0n) is 19.4. The summed E-state index contributed by atoms with van der Waals surface area (Å²) in [5.41, 5.74) is 4.63. The molecule has 8 heteroatoms. The van der Waals surface area contributed by atoms with E-state index in [9.17, 15) is 19.5 Å². The molecule has 0 bridgehead atoms. The minimum Gasteiger partial charge on any atom is -0.479 e. The summed E-state index contributed by atoms with van der Waals surface area (Å²) < 4.78 is 10.9. The summed E-state index contributed by atoms with van der Waals surface area (Å²) in [6, 6.07) is 16.0. The van der Waals surface area contributed by atoms with Gasteiger partial charge in [-0.1, -0.05) is 48.5 Å². The highest BCUT2D eigenvalue weighted by molar-refractivity contribution is 5.80. The van der Waals surface area contributed by atoms with Crippen LogP contribution >= 0.6 is 0 Å². The first kappa shape index (κ1) is 23.4. The first-order chi connectivity index (χ1) is 17.0. The summed E-state index contributed by atoms with van der Waals surface area (Å²) in [6.45, 7) is 0.853. The molecular formula is C27H30N2O6. The maximum Gasteiger partial charge on any atom is 0.407 e. The van der Waals surface area contributed by atoms with E-state index in [0.29, 0.717) is 13.0 Å². The Morgan fingerprint density at radius 2 is 1.66 bits per heavy atom. The van der Waals surface area contributed by atoms with E-state index in [0.717, 1.165) is 24.0 Å². The monoisotopic (exact) mass is 478 g/mol. The molecule has 1 heterocycles. The van der Waals surface area contributed by atoms with E-state index in [4.69, 9.17) is 9.47 Å². The first-order valence-electron chi connectivity index (χ1n) is 12.2. The molecule has 2 aromatic rings. The second kappa shape index (κ2) is 10.1. The molecule has 2 aliphatic carbocycles. The van der Waals surface area contributed by atoms with Crippen LogP contribution in [0.1, 0.15) is 42.7 Å². The third-order valence-electron chi connectivity index (χ3n) is 7.26. The Hall–Kier alpha value is -3.39. The number of fused-ring (bicyclic) bond motifs is 3. The summed E-state index contributed by atoms with van der Waals surface area (Å²) >= 11 is 0. The van der Waals surface area contributed by atoms with Crippen LogP contribution in [-0.4, -0.2) is 55.0 Å². The van der Waals surface area contributed by atoms with Crippen molar-refractivity contribution in [2.75, 3.05) is 19.8 Å². The molecule has 0 aromatic heterocycles. The lowest BCUT2D eigenvalue weighted by Crippen LogP contribution is -2.42. The minimum absolute atomic E-state index is 0.0216. The lowest BCUT2D eigenvalue weighted by molar-refractivity contribution is -0.149. The van der Waals surface area contributed by atoms with Crippen LogP contribution in [0.3, 0.4) is 0 Å². The molecule has 2 amide bonds. The van der Waals surface area contributed by atoms with Crippen molar-refractivity contribution in [2.45, 2.75) is 43.7 Å². The van der Waals surface area contributed by atoms with Crippen molar-refractivity contribution in [2.24, 2.45) is 11.8 Å². The molecule has 3 aliphatic rings. The average Bonchev–Trinajstić information content (AvgIpc) is 3.51. The predicted octanol–water partition coefficient (Wildman–Crippen LogP) is 3.30. The molecule has 1 unspecified atom stereocenters. The van der Waals surface area contributed by atoms with E-state index in [2.05, 4.69) is 34.9 Å². The summed E-state index contributed by atoms with van der Waals surface area (Å²) in [5.74, 6) is -1.23. The van der Waals surface area contributed by atoms with Gasteiger partial charge in [-0.25, -0.2) is 9.59 Å². The molecule has 2 fully saturated rings. The summed E-state index contributed by atoms with van der Waals surface area (Å²) in [7, 11) is 0. The van der Waals surface area contributed by atoms with Crippen molar-refractivity contribution in [1.29, 1.82) is 0 Å². The van der Waals surface area contributed by atoms with Crippen molar-refractivity contribution >= 4 is 18.0 Å². The standard InChI is InChI=1S/C27H30N2O6/c30-24(28-14-17-11-12-34-25(17)26(31)32)13-23(16-9-10-16)29-27(33)35-15-22-20-7-3-1-5-18(20)19-6-2-4-8-21(19)22/h1-8,16-17,22-23,25H,9-15H2,(H,28,30)(H,29,33)(H,31,32)/t17-,23?,25-/m1/s1. The number of carbonyl (C=O) groups excluding carboxylic acids is 2. The zero-order valence-corrected chi connectivity index (χ0v) is 19.4. The normalized spacial score (nSPS) is 21.6. The molecule has 1 saturated carbocycles. The van der Waals surface area contributed by atoms with Crippen molar-refractivity contribution in [3.05, 3.63) is 59.7 Å². The van der Waals surface area contributed by atoms with E-state index in [1.165, 1.54) is 11.1 Å². The third-order valence-corrected chi connectivity index (χ3v) is 7.26. The highest BCUT2D eigenvalue weighted by Gasteiger charge is 2.37. The number of alkyl carbamates (subject to hydrolysis) is 1. The molecule has 0 radical (unpaired) electrons. The van der Waals surface area contributed by atoms with Crippen LogP contribution in [0.15, 0.2) is 48.5 Å². The fourth-order valence-corrected chi connectivity index (χ4v) is 5.26. The number of carbonyl (C=O) groups is 3. The Morgan fingerprint density at radius 3 is 2.29 bits per heavy atom. The van der Waals surface area contributed by atoms with Gasteiger partial charge in [-0.05, 0) is 47.4 Å². The fraction of sp³-hybridized carbons (Fsp3) is 0.444. The highest BCUT2D eigenvalue weighted by atomic mass is 16.5. The summed E-state index contributed by atoms with van der Waals surface area (Å²) in [5, 5.41) is 14.9. The van der Waals surface area contributed by atoms with Crippen LogP contribution in [0.25, 0.3) is 11.1 Å². The molecule has 35 heavy (non-hydrogen) atoms. The molecule has 8 nitrogen and oxygen atoms in total.